The van der Waals surface area contributed by atoms with Crippen molar-refractivity contribution in [1.29, 1.82) is 0 Å². The molecule has 5 heteroatoms. The van der Waals surface area contributed by atoms with Crippen molar-refractivity contribution in [2.24, 2.45) is 0 Å². The first-order chi connectivity index (χ1) is 8.90. The molecule has 0 atom stereocenters. The van der Waals surface area contributed by atoms with Crippen molar-refractivity contribution in [1.82, 2.24) is 0 Å². The molecule has 1 N–H and O–H groups in total. The van der Waals surface area contributed by atoms with E-state index < -0.39 is 17.7 Å². The predicted octanol–water partition coefficient (Wildman–Crippen LogP) is 1.56. The molecule has 0 spiro atoms. The summed E-state index contributed by atoms with van der Waals surface area (Å²) in [5, 5.41) is 8.66. The van der Waals surface area contributed by atoms with Crippen LogP contribution in [0.15, 0.2) is 29.8 Å². The van der Waals surface area contributed by atoms with Gasteiger partial charge < -0.3 is 10.0 Å². The molecule has 5 nitrogen and oxygen atoms in total. The zero-order chi connectivity index (χ0) is 14.2. The highest BCUT2D eigenvalue weighted by molar-refractivity contribution is 6.52. The third-order valence-electron chi connectivity index (χ3n) is 2.90. The van der Waals surface area contributed by atoms with Gasteiger partial charge in [0.2, 0.25) is 0 Å². The average Bonchev–Trinajstić information content (AvgIpc) is 2.53. The second-order valence-electron chi connectivity index (χ2n) is 4.57. The normalized spacial score (nSPS) is 14.8. The number of nitrogens with zero attached hydrogens (tertiary/aromatic N) is 1. The number of Topliss-reactive ketones (excluding diaryl/α,β-unsaturated/α-hetero) is 1. The number of carbonyl (C=O) groups is 3. The van der Waals surface area contributed by atoms with Crippen LogP contribution in [0.5, 0.6) is 0 Å². The lowest BCUT2D eigenvalue weighted by Crippen LogP contribution is -2.31. The van der Waals surface area contributed by atoms with Crippen LogP contribution in [0.25, 0.3) is 0 Å². The van der Waals surface area contributed by atoms with E-state index in [1.54, 1.807) is 19.1 Å². The van der Waals surface area contributed by atoms with Gasteiger partial charge in [-0.25, -0.2) is 4.79 Å². The van der Waals surface area contributed by atoms with Crippen molar-refractivity contribution in [3.8, 4) is 0 Å². The minimum Gasteiger partial charge on any atom is -0.478 e. The maximum absolute atomic E-state index is 11.9. The Kier molecular flexibility index (Phi) is 3.21. The van der Waals surface area contributed by atoms with Gasteiger partial charge in [0.25, 0.3) is 11.7 Å². The van der Waals surface area contributed by atoms with E-state index in [4.69, 9.17) is 5.11 Å². The van der Waals surface area contributed by atoms with Crippen LogP contribution in [0, 0.1) is 6.92 Å². The van der Waals surface area contributed by atoms with Crippen LogP contribution in [-0.2, 0) is 9.59 Å². The van der Waals surface area contributed by atoms with Gasteiger partial charge in [0.15, 0.2) is 0 Å². The van der Waals surface area contributed by atoms with Gasteiger partial charge >= 0.3 is 5.97 Å². The lowest BCUT2D eigenvalue weighted by molar-refractivity contribution is -0.131. The molecule has 1 aromatic rings. The number of fused-ring (bicyclic) bond motifs is 1. The van der Waals surface area contributed by atoms with E-state index in [0.29, 0.717) is 16.8 Å². The number of aryl methyl sites for hydroxylation is 1. The number of ketones is 1. The molecule has 0 saturated carbocycles. The molecule has 1 heterocycles. The van der Waals surface area contributed by atoms with Crippen LogP contribution < -0.4 is 4.90 Å². The summed E-state index contributed by atoms with van der Waals surface area (Å²) >= 11 is 0. The van der Waals surface area contributed by atoms with Crippen molar-refractivity contribution in [3.63, 3.8) is 0 Å². The van der Waals surface area contributed by atoms with E-state index in [1.807, 2.05) is 13.0 Å². The molecule has 98 valence electrons. The number of rotatable bonds is 3. The number of amides is 1. The molecule has 1 amide bonds. The highest BCUT2D eigenvalue weighted by Crippen LogP contribution is 2.30. The van der Waals surface area contributed by atoms with Crippen LogP contribution in [0.3, 0.4) is 0 Å². The number of carboxylic acids is 1. The summed E-state index contributed by atoms with van der Waals surface area (Å²) in [5.74, 6) is -2.22. The van der Waals surface area contributed by atoms with Crippen LogP contribution in [0.2, 0.25) is 0 Å². The molecular formula is C14H13NO4. The second-order valence-corrected chi connectivity index (χ2v) is 4.57. The first-order valence-corrected chi connectivity index (χ1v) is 5.77. The van der Waals surface area contributed by atoms with E-state index in [2.05, 4.69) is 0 Å². The van der Waals surface area contributed by atoms with Gasteiger partial charge in [-0.15, -0.1) is 0 Å². The zero-order valence-electron chi connectivity index (χ0n) is 10.6. The number of anilines is 1. The van der Waals surface area contributed by atoms with Crippen molar-refractivity contribution in [3.05, 3.63) is 41.0 Å². The van der Waals surface area contributed by atoms with Crippen molar-refractivity contribution >= 4 is 23.3 Å². The Bertz CT molecular complexity index is 616. The van der Waals surface area contributed by atoms with Gasteiger partial charge in [-0.05, 0) is 31.6 Å². The molecule has 1 aromatic carbocycles. The van der Waals surface area contributed by atoms with Crippen LogP contribution >= 0.6 is 0 Å². The van der Waals surface area contributed by atoms with Gasteiger partial charge in [-0.2, -0.15) is 0 Å². The third-order valence-corrected chi connectivity index (χ3v) is 2.90. The Balaban J connectivity index is 2.37. The molecule has 19 heavy (non-hydrogen) atoms. The molecule has 0 aliphatic carbocycles. The summed E-state index contributed by atoms with van der Waals surface area (Å²) in [5.41, 5.74) is 2.33. The molecule has 0 radical (unpaired) electrons. The molecule has 0 unspecified atom stereocenters. The van der Waals surface area contributed by atoms with E-state index in [-0.39, 0.29) is 6.54 Å². The minimum atomic E-state index is -1.07. The zero-order valence-corrected chi connectivity index (χ0v) is 10.6. The van der Waals surface area contributed by atoms with Crippen molar-refractivity contribution in [2.45, 2.75) is 13.8 Å². The van der Waals surface area contributed by atoms with Crippen LogP contribution in [0.4, 0.5) is 5.69 Å². The largest absolute Gasteiger partial charge is 0.478 e. The number of aliphatic carboxylic acids is 1. The molecule has 2 rings (SSSR count). The quantitative estimate of drug-likeness (QED) is 0.660. The van der Waals surface area contributed by atoms with Crippen LogP contribution in [-0.4, -0.2) is 29.3 Å². The standard InChI is InChI=1S/C14H13NO4/c1-8-3-4-11-10(5-8)13(18)14(19)15(11)7-9(2)6-12(16)17/h3-6H,7H2,1-2H3,(H,16,17)/b9-6+. The van der Waals surface area contributed by atoms with Gasteiger partial charge in [0.1, 0.15) is 0 Å². The lowest BCUT2D eigenvalue weighted by atomic mass is 10.1. The summed E-state index contributed by atoms with van der Waals surface area (Å²) in [7, 11) is 0. The SMILES string of the molecule is C/C(=C\C(=O)O)CN1C(=O)C(=O)c2cc(C)ccc21. The fourth-order valence-corrected chi connectivity index (χ4v) is 2.08. The van der Waals surface area contributed by atoms with E-state index in [0.717, 1.165) is 11.6 Å². The molecule has 0 fully saturated rings. The monoisotopic (exact) mass is 259 g/mol. The first kappa shape index (κ1) is 13.0. The van der Waals surface area contributed by atoms with Crippen molar-refractivity contribution < 1.29 is 19.5 Å². The van der Waals surface area contributed by atoms with Gasteiger partial charge in [0.05, 0.1) is 11.3 Å². The number of carbonyl (C=O) groups excluding carboxylic acids is 2. The molecule has 1 aliphatic heterocycles. The molecule has 1 aliphatic rings. The summed E-state index contributed by atoms with van der Waals surface area (Å²) in [6.45, 7) is 3.56. The molecule has 0 bridgehead atoms. The Morgan fingerprint density at radius 2 is 2.05 bits per heavy atom. The number of carboxylic acid groups (broad SMARTS) is 1. The maximum atomic E-state index is 11.9. The third kappa shape index (κ3) is 2.40. The van der Waals surface area contributed by atoms with E-state index in [1.165, 1.54) is 4.90 Å². The van der Waals surface area contributed by atoms with Crippen molar-refractivity contribution in [2.75, 3.05) is 11.4 Å². The summed E-state index contributed by atoms with van der Waals surface area (Å²) in [4.78, 5) is 35.6. The number of benzene rings is 1. The Hall–Kier alpha value is -2.43. The maximum Gasteiger partial charge on any atom is 0.328 e. The fourth-order valence-electron chi connectivity index (χ4n) is 2.08. The lowest BCUT2D eigenvalue weighted by Gasteiger charge is -2.16. The summed E-state index contributed by atoms with van der Waals surface area (Å²) < 4.78 is 0. The Morgan fingerprint density at radius 1 is 1.37 bits per heavy atom. The molecule has 0 saturated heterocycles. The van der Waals surface area contributed by atoms with E-state index >= 15 is 0 Å². The highest BCUT2D eigenvalue weighted by Gasteiger charge is 2.35. The highest BCUT2D eigenvalue weighted by atomic mass is 16.4. The molecular weight excluding hydrogens is 246 g/mol. The minimum absolute atomic E-state index is 0.104. The summed E-state index contributed by atoms with van der Waals surface area (Å²) in [6.07, 6.45) is 1.03. The second kappa shape index (κ2) is 4.68. The number of hydrogen-bond donors (Lipinski definition) is 1. The Morgan fingerprint density at radius 3 is 2.68 bits per heavy atom. The number of hydrogen-bond acceptors (Lipinski definition) is 3. The summed E-state index contributed by atoms with van der Waals surface area (Å²) in [6, 6.07) is 5.20. The topological polar surface area (TPSA) is 74.7 Å². The molecule has 0 aromatic heterocycles. The van der Waals surface area contributed by atoms with E-state index in [9.17, 15) is 14.4 Å². The predicted molar refractivity (Wildman–Crippen MR) is 69.3 cm³/mol. The fraction of sp³-hybridized carbons (Fsp3) is 0.214. The van der Waals surface area contributed by atoms with Gasteiger partial charge in [-0.3, -0.25) is 9.59 Å². The Labute approximate surface area is 110 Å². The first-order valence-electron chi connectivity index (χ1n) is 5.77. The average molecular weight is 259 g/mol. The van der Waals surface area contributed by atoms with Gasteiger partial charge in [-0.1, -0.05) is 11.6 Å². The van der Waals surface area contributed by atoms with Crippen LogP contribution in [0.1, 0.15) is 22.8 Å². The smallest absolute Gasteiger partial charge is 0.328 e. The van der Waals surface area contributed by atoms with Gasteiger partial charge in [0, 0.05) is 12.6 Å².